The first kappa shape index (κ1) is 23.7. The van der Waals surface area contributed by atoms with E-state index in [0.717, 1.165) is 12.8 Å². The topological polar surface area (TPSA) is 169 Å². The molecule has 1 fully saturated rings. The largest absolute Gasteiger partial charge is 0.355 e. The molecule has 4 aromatic heterocycles. The maximum atomic E-state index is 12.6. The lowest BCUT2D eigenvalue weighted by Crippen LogP contribution is -2.37. The molecule has 0 bridgehead atoms. The lowest BCUT2D eigenvalue weighted by Gasteiger charge is -2.32. The van der Waals surface area contributed by atoms with E-state index in [9.17, 15) is 14.4 Å². The number of piperidine rings is 1. The summed E-state index contributed by atoms with van der Waals surface area (Å²) in [5, 5.41) is 0.869. The standard InChI is InChI=1S/C17H16ClN5O2.C5H3ClN4O/c18-12-3-1-10(2-4-12)14(24)11-5-7-23(8-6-11)16-13-15(19-9-20-16)22-17(25)21-13;6-3-2-4(8-1-7-3)10-5(11)9-2/h1-4,9,11H,5-8H2,(H2,19,20,21,22,25);1H,(H2,7,8,9,10,11). The first-order valence-corrected chi connectivity index (χ1v) is 11.7. The van der Waals surface area contributed by atoms with Crippen LogP contribution in [0.5, 0.6) is 0 Å². The molecule has 4 N–H and O–H groups in total. The summed E-state index contributed by atoms with van der Waals surface area (Å²) in [6, 6.07) is 7.03. The molecule has 0 atom stereocenters. The summed E-state index contributed by atoms with van der Waals surface area (Å²) >= 11 is 11.5. The third kappa shape index (κ3) is 4.86. The normalized spacial score (nSPS) is 14.1. The molecule has 1 aromatic carbocycles. The summed E-state index contributed by atoms with van der Waals surface area (Å²) in [4.78, 5) is 63.0. The van der Waals surface area contributed by atoms with E-state index in [1.54, 1.807) is 24.3 Å². The van der Waals surface area contributed by atoms with Crippen molar-refractivity contribution in [2.24, 2.45) is 5.92 Å². The Morgan fingerprint density at radius 2 is 1.39 bits per heavy atom. The quantitative estimate of drug-likeness (QED) is 0.205. The number of aromatic nitrogens is 8. The number of anilines is 1. The molecule has 14 heteroatoms. The van der Waals surface area contributed by atoms with E-state index in [-0.39, 0.29) is 28.2 Å². The maximum Gasteiger partial charge on any atom is 0.325 e. The van der Waals surface area contributed by atoms with Gasteiger partial charge in [0.2, 0.25) is 0 Å². The van der Waals surface area contributed by atoms with Gasteiger partial charge in [0, 0.05) is 29.6 Å². The lowest BCUT2D eigenvalue weighted by molar-refractivity contribution is 0.0900. The fraction of sp³-hybridized carbons (Fsp3) is 0.227. The van der Waals surface area contributed by atoms with Gasteiger partial charge in [0.1, 0.15) is 23.7 Å². The van der Waals surface area contributed by atoms with E-state index < -0.39 is 0 Å². The lowest BCUT2D eigenvalue weighted by atomic mass is 9.89. The van der Waals surface area contributed by atoms with Crippen LogP contribution >= 0.6 is 23.2 Å². The number of halogens is 2. The predicted octanol–water partition coefficient (Wildman–Crippen LogP) is 2.70. The number of hydrogen-bond acceptors (Lipinski definition) is 8. The van der Waals surface area contributed by atoms with E-state index in [4.69, 9.17) is 23.2 Å². The number of rotatable bonds is 3. The first-order chi connectivity index (χ1) is 17.4. The highest BCUT2D eigenvalue weighted by Crippen LogP contribution is 2.27. The van der Waals surface area contributed by atoms with Gasteiger partial charge in [-0.25, -0.2) is 29.5 Å². The summed E-state index contributed by atoms with van der Waals surface area (Å²) in [5.74, 6) is 0.833. The summed E-state index contributed by atoms with van der Waals surface area (Å²) in [6.45, 7) is 1.40. The molecule has 6 rings (SSSR count). The second-order valence-electron chi connectivity index (χ2n) is 8.10. The Morgan fingerprint density at radius 3 is 2.03 bits per heavy atom. The fourth-order valence-electron chi connectivity index (χ4n) is 4.10. The zero-order valence-electron chi connectivity index (χ0n) is 18.6. The molecule has 36 heavy (non-hydrogen) atoms. The molecular weight excluding hydrogens is 509 g/mol. The number of nitrogens with zero attached hydrogens (tertiary/aromatic N) is 5. The maximum absolute atomic E-state index is 12.6. The van der Waals surface area contributed by atoms with Gasteiger partial charge >= 0.3 is 11.4 Å². The number of fused-ring (bicyclic) bond motifs is 2. The summed E-state index contributed by atoms with van der Waals surface area (Å²) in [6.07, 6.45) is 4.20. The third-order valence-electron chi connectivity index (χ3n) is 5.86. The molecule has 5 heterocycles. The molecule has 0 spiro atoms. The zero-order valence-corrected chi connectivity index (χ0v) is 20.1. The second-order valence-corrected chi connectivity index (χ2v) is 8.89. The van der Waals surface area contributed by atoms with Crippen LogP contribution in [0.15, 0.2) is 46.5 Å². The smallest absolute Gasteiger partial charge is 0.325 e. The highest BCUT2D eigenvalue weighted by Gasteiger charge is 2.27. The van der Waals surface area contributed by atoms with E-state index in [1.165, 1.54) is 12.7 Å². The van der Waals surface area contributed by atoms with Gasteiger partial charge in [0.05, 0.1) is 0 Å². The van der Waals surface area contributed by atoms with Gasteiger partial charge < -0.3 is 14.9 Å². The molecule has 12 nitrogen and oxygen atoms in total. The molecule has 0 unspecified atom stereocenters. The van der Waals surface area contributed by atoms with Crippen LogP contribution in [-0.2, 0) is 0 Å². The van der Waals surface area contributed by atoms with Crippen molar-refractivity contribution in [2.75, 3.05) is 18.0 Å². The second kappa shape index (κ2) is 9.91. The first-order valence-electron chi connectivity index (χ1n) is 11.0. The van der Waals surface area contributed by atoms with Gasteiger partial charge in [-0.1, -0.05) is 23.2 Å². The summed E-state index contributed by atoms with van der Waals surface area (Å²) in [7, 11) is 0. The van der Waals surface area contributed by atoms with E-state index >= 15 is 0 Å². The van der Waals surface area contributed by atoms with Crippen LogP contribution < -0.4 is 16.3 Å². The molecule has 1 aliphatic heterocycles. The molecule has 0 saturated carbocycles. The number of Topliss-reactive ketones (excluding diaryl/α,β-unsaturated/α-hetero) is 1. The average molecular weight is 528 g/mol. The van der Waals surface area contributed by atoms with Gasteiger partial charge in [-0.2, -0.15) is 0 Å². The van der Waals surface area contributed by atoms with Gasteiger partial charge in [-0.05, 0) is 37.1 Å². The molecular formula is C22H19Cl2N9O3. The molecule has 1 aliphatic rings. The number of ketones is 1. The van der Waals surface area contributed by atoms with Crippen molar-refractivity contribution >= 4 is 57.1 Å². The fourth-order valence-corrected chi connectivity index (χ4v) is 4.41. The van der Waals surface area contributed by atoms with E-state index in [2.05, 4.69) is 44.8 Å². The Morgan fingerprint density at radius 1 is 0.806 bits per heavy atom. The van der Waals surface area contributed by atoms with Crippen molar-refractivity contribution in [1.82, 2.24) is 39.9 Å². The van der Waals surface area contributed by atoms with Crippen LogP contribution in [-0.4, -0.2) is 58.7 Å². The SMILES string of the molecule is O=C(c1ccc(Cl)cc1)C1CCN(c2ncnc3[nH]c(=O)[nH]c23)CC1.O=c1[nH]c2ncnc(Cl)c2[nH]1. The van der Waals surface area contributed by atoms with Crippen molar-refractivity contribution in [3.05, 3.63) is 73.6 Å². The number of nitrogens with one attached hydrogen (secondary N) is 4. The minimum Gasteiger partial charge on any atom is -0.355 e. The Kier molecular flexibility index (Phi) is 6.53. The third-order valence-corrected chi connectivity index (χ3v) is 6.40. The van der Waals surface area contributed by atoms with Crippen molar-refractivity contribution < 1.29 is 4.79 Å². The van der Waals surface area contributed by atoms with Crippen LogP contribution in [0.4, 0.5) is 5.82 Å². The van der Waals surface area contributed by atoms with Gasteiger partial charge in [-0.15, -0.1) is 0 Å². The highest BCUT2D eigenvalue weighted by atomic mass is 35.5. The Hall–Kier alpha value is -4.03. The number of benzene rings is 1. The Labute approximate surface area is 212 Å². The molecule has 0 aliphatic carbocycles. The van der Waals surface area contributed by atoms with Crippen LogP contribution in [0.1, 0.15) is 23.2 Å². The predicted molar refractivity (Wildman–Crippen MR) is 135 cm³/mol. The van der Waals surface area contributed by atoms with E-state index in [0.29, 0.717) is 51.8 Å². The molecule has 0 radical (unpaired) electrons. The summed E-state index contributed by atoms with van der Waals surface area (Å²) < 4.78 is 0. The van der Waals surface area contributed by atoms with Crippen LogP contribution in [0.25, 0.3) is 22.3 Å². The number of imidazole rings is 2. The van der Waals surface area contributed by atoms with Gasteiger partial charge in [0.15, 0.2) is 28.0 Å². The van der Waals surface area contributed by atoms with Crippen LogP contribution in [0.2, 0.25) is 10.2 Å². The number of H-pyrrole nitrogens is 4. The molecule has 0 amide bonds. The van der Waals surface area contributed by atoms with Crippen molar-refractivity contribution in [2.45, 2.75) is 12.8 Å². The van der Waals surface area contributed by atoms with Crippen LogP contribution in [0, 0.1) is 5.92 Å². The number of hydrogen-bond donors (Lipinski definition) is 4. The number of carbonyl (C=O) groups is 1. The summed E-state index contributed by atoms with van der Waals surface area (Å²) in [5.41, 5.74) is 2.03. The van der Waals surface area contributed by atoms with Gasteiger partial charge in [-0.3, -0.25) is 14.8 Å². The zero-order chi connectivity index (χ0) is 25.2. The van der Waals surface area contributed by atoms with E-state index in [1.807, 2.05) is 0 Å². The minimum absolute atomic E-state index is 0.0139. The molecule has 5 aromatic rings. The number of aromatic amines is 4. The Bertz CT molecular complexity index is 1650. The van der Waals surface area contributed by atoms with Crippen molar-refractivity contribution in [3.8, 4) is 0 Å². The monoisotopic (exact) mass is 527 g/mol. The minimum atomic E-state index is -0.331. The van der Waals surface area contributed by atoms with Crippen molar-refractivity contribution in [3.63, 3.8) is 0 Å². The number of carbonyl (C=O) groups excluding carboxylic acids is 1. The average Bonchev–Trinajstić information content (AvgIpc) is 3.46. The van der Waals surface area contributed by atoms with Crippen LogP contribution in [0.3, 0.4) is 0 Å². The van der Waals surface area contributed by atoms with Gasteiger partial charge in [0.25, 0.3) is 0 Å². The van der Waals surface area contributed by atoms with Crippen molar-refractivity contribution in [1.29, 1.82) is 0 Å². The highest BCUT2D eigenvalue weighted by molar-refractivity contribution is 6.33. The molecule has 184 valence electrons. The molecule has 1 saturated heterocycles. The Balaban J connectivity index is 0.000000202.